The van der Waals surface area contributed by atoms with Gasteiger partial charge < -0.3 is 24.8 Å². The molecule has 200 valence electrons. The number of benzene rings is 2. The van der Waals surface area contributed by atoms with Crippen LogP contribution in [0.1, 0.15) is 18.6 Å². The van der Waals surface area contributed by atoms with Crippen LogP contribution in [-0.2, 0) is 11.8 Å². The van der Waals surface area contributed by atoms with Crippen LogP contribution in [0, 0.1) is 5.82 Å². The number of halogens is 3. The molecule has 2 aromatic carbocycles. The molecule has 0 saturated carbocycles. The van der Waals surface area contributed by atoms with Crippen molar-refractivity contribution in [3.63, 3.8) is 0 Å². The summed E-state index contributed by atoms with van der Waals surface area (Å²) >= 11 is 0.274. The Kier molecular flexibility index (Phi) is 7.52. The molecule has 8 nitrogen and oxygen atoms in total. The standard InChI is InChI=1S/C26H27F3N6O2S/c1-15(16-3-6-18(27)7-4-16)37-21-13-17(5-8-19(21)33-38-26(28)29)23-22-24(34(2)32-23)20(14-31-25(22)30)35-9-11-36-12-10-35/h3-8,13-15,26,33H,9-12H2,1-2H3,(H2,30,31). The normalized spacial score (nSPS) is 14.7. The Labute approximate surface area is 222 Å². The third-order valence-corrected chi connectivity index (χ3v) is 6.90. The van der Waals surface area contributed by atoms with E-state index in [0.29, 0.717) is 47.1 Å². The molecule has 1 fully saturated rings. The number of nitrogen functional groups attached to an aromatic ring is 1. The van der Waals surface area contributed by atoms with Gasteiger partial charge in [0.1, 0.15) is 29.2 Å². The molecule has 4 aromatic rings. The Morgan fingerprint density at radius 2 is 1.87 bits per heavy atom. The molecule has 3 heterocycles. The maximum atomic E-state index is 13.4. The zero-order valence-electron chi connectivity index (χ0n) is 20.8. The van der Waals surface area contributed by atoms with Crippen LogP contribution in [0.3, 0.4) is 0 Å². The molecule has 12 heteroatoms. The van der Waals surface area contributed by atoms with Crippen molar-refractivity contribution in [2.24, 2.45) is 7.05 Å². The smallest absolute Gasteiger partial charge is 0.302 e. The summed E-state index contributed by atoms with van der Waals surface area (Å²) < 4.78 is 55.4. The molecule has 0 bridgehead atoms. The summed E-state index contributed by atoms with van der Waals surface area (Å²) in [5.74, 6) is -2.32. The Morgan fingerprint density at radius 1 is 1.13 bits per heavy atom. The van der Waals surface area contributed by atoms with Crippen LogP contribution in [0.4, 0.5) is 30.4 Å². The Hall–Kier alpha value is -3.64. The van der Waals surface area contributed by atoms with Gasteiger partial charge >= 0.3 is 5.76 Å². The summed E-state index contributed by atoms with van der Waals surface area (Å²) in [6, 6.07) is 11.1. The van der Waals surface area contributed by atoms with Gasteiger partial charge in [-0.25, -0.2) is 9.37 Å². The number of anilines is 3. The minimum absolute atomic E-state index is 0.274. The molecule has 0 radical (unpaired) electrons. The summed E-state index contributed by atoms with van der Waals surface area (Å²) in [7, 11) is 1.85. The van der Waals surface area contributed by atoms with Crippen LogP contribution < -0.4 is 20.1 Å². The molecule has 1 atom stereocenters. The summed E-state index contributed by atoms with van der Waals surface area (Å²) in [5, 5.41) is 5.46. The zero-order chi connectivity index (χ0) is 26.8. The zero-order valence-corrected chi connectivity index (χ0v) is 21.6. The molecule has 0 amide bonds. The molecule has 38 heavy (non-hydrogen) atoms. The van der Waals surface area contributed by atoms with Crippen LogP contribution in [0.15, 0.2) is 48.7 Å². The van der Waals surface area contributed by atoms with Crippen molar-refractivity contribution < 1.29 is 22.6 Å². The van der Waals surface area contributed by atoms with Crippen molar-refractivity contribution in [3.05, 3.63) is 60.0 Å². The van der Waals surface area contributed by atoms with Crippen molar-refractivity contribution in [1.82, 2.24) is 14.8 Å². The number of rotatable bonds is 8. The van der Waals surface area contributed by atoms with Gasteiger partial charge in [-0.2, -0.15) is 13.9 Å². The van der Waals surface area contributed by atoms with Crippen LogP contribution in [0.25, 0.3) is 22.2 Å². The molecule has 5 rings (SSSR count). The molecule has 0 spiro atoms. The number of fused-ring (bicyclic) bond motifs is 1. The number of nitrogens with zero attached hydrogens (tertiary/aromatic N) is 4. The first-order valence-electron chi connectivity index (χ1n) is 12.0. The van der Waals surface area contributed by atoms with Gasteiger partial charge in [0.2, 0.25) is 0 Å². The highest BCUT2D eigenvalue weighted by atomic mass is 32.2. The van der Waals surface area contributed by atoms with Gasteiger partial charge in [0.15, 0.2) is 0 Å². The van der Waals surface area contributed by atoms with E-state index in [4.69, 9.17) is 20.3 Å². The predicted molar refractivity (Wildman–Crippen MR) is 144 cm³/mol. The van der Waals surface area contributed by atoms with Gasteiger partial charge in [0, 0.05) is 37.6 Å². The Morgan fingerprint density at radius 3 is 2.58 bits per heavy atom. The maximum absolute atomic E-state index is 13.4. The van der Waals surface area contributed by atoms with Crippen molar-refractivity contribution in [2.45, 2.75) is 18.8 Å². The second kappa shape index (κ2) is 11.0. The highest BCUT2D eigenvalue weighted by Crippen LogP contribution is 2.40. The van der Waals surface area contributed by atoms with E-state index in [9.17, 15) is 13.2 Å². The molecule has 3 N–H and O–H groups in total. The second-order valence-corrected chi connectivity index (χ2v) is 9.62. The lowest BCUT2D eigenvalue weighted by Gasteiger charge is -2.29. The lowest BCUT2D eigenvalue weighted by Crippen LogP contribution is -2.36. The van der Waals surface area contributed by atoms with Gasteiger partial charge in [0.05, 0.1) is 41.7 Å². The lowest BCUT2D eigenvalue weighted by molar-refractivity contribution is 0.123. The van der Waals surface area contributed by atoms with Crippen LogP contribution in [-0.4, -0.2) is 46.8 Å². The van der Waals surface area contributed by atoms with Gasteiger partial charge in [-0.1, -0.05) is 18.2 Å². The highest BCUT2D eigenvalue weighted by Gasteiger charge is 2.23. The minimum Gasteiger partial charge on any atom is -0.484 e. The monoisotopic (exact) mass is 544 g/mol. The average Bonchev–Trinajstić information content (AvgIpc) is 3.27. The van der Waals surface area contributed by atoms with E-state index in [0.717, 1.165) is 29.9 Å². The van der Waals surface area contributed by atoms with Gasteiger partial charge in [-0.05, 0) is 36.8 Å². The number of nitrogens with one attached hydrogen (secondary N) is 1. The largest absolute Gasteiger partial charge is 0.484 e. The second-order valence-electron chi connectivity index (χ2n) is 8.83. The first-order chi connectivity index (χ1) is 18.3. The number of ether oxygens (including phenoxy) is 2. The summed E-state index contributed by atoms with van der Waals surface area (Å²) in [5.41, 5.74) is 10.5. The van der Waals surface area contributed by atoms with E-state index in [-0.39, 0.29) is 17.8 Å². The number of alkyl halides is 2. The Bertz CT molecular complexity index is 1430. The number of morpholine rings is 1. The van der Waals surface area contributed by atoms with Gasteiger partial charge in [-0.15, -0.1) is 0 Å². The number of aromatic nitrogens is 3. The molecule has 2 aromatic heterocycles. The van der Waals surface area contributed by atoms with Crippen molar-refractivity contribution in [2.75, 3.05) is 41.7 Å². The number of pyridine rings is 1. The average molecular weight is 545 g/mol. The number of aryl methyl sites for hydroxylation is 1. The topological polar surface area (TPSA) is 90.5 Å². The highest BCUT2D eigenvalue weighted by molar-refractivity contribution is 8.00. The maximum Gasteiger partial charge on any atom is 0.302 e. The van der Waals surface area contributed by atoms with Crippen molar-refractivity contribution in [3.8, 4) is 17.0 Å². The first-order valence-corrected chi connectivity index (χ1v) is 12.9. The Balaban J connectivity index is 1.56. The summed E-state index contributed by atoms with van der Waals surface area (Å²) in [4.78, 5) is 6.64. The van der Waals surface area contributed by atoms with Crippen LogP contribution in [0.5, 0.6) is 5.75 Å². The van der Waals surface area contributed by atoms with Crippen molar-refractivity contribution in [1.29, 1.82) is 0 Å². The molecule has 1 aliphatic heterocycles. The fourth-order valence-corrected chi connectivity index (χ4v) is 4.89. The number of hydrogen-bond donors (Lipinski definition) is 2. The SMILES string of the molecule is CC(Oc1cc(-c2nn(C)c3c(N4CCOCC4)cnc(N)c23)ccc1NSC(F)F)c1ccc(F)cc1. The lowest BCUT2D eigenvalue weighted by atomic mass is 10.1. The van der Waals surface area contributed by atoms with E-state index >= 15 is 0 Å². The van der Waals surface area contributed by atoms with E-state index in [1.807, 2.05) is 7.05 Å². The summed E-state index contributed by atoms with van der Waals surface area (Å²) in [6.07, 6.45) is 1.27. The quantitative estimate of drug-likeness (QED) is 0.277. The first kappa shape index (κ1) is 26.0. The van der Waals surface area contributed by atoms with Gasteiger partial charge in [-0.3, -0.25) is 4.68 Å². The third-order valence-electron chi connectivity index (χ3n) is 6.38. The number of nitrogens with two attached hydrogens (primary N) is 1. The molecular formula is C26H27F3N6O2S. The van der Waals surface area contributed by atoms with Gasteiger partial charge in [0.25, 0.3) is 0 Å². The fraction of sp³-hybridized carbons (Fsp3) is 0.308. The van der Waals surface area contributed by atoms with Crippen molar-refractivity contribution >= 4 is 40.0 Å². The molecular weight excluding hydrogens is 517 g/mol. The summed E-state index contributed by atoms with van der Waals surface area (Å²) in [6.45, 7) is 4.49. The molecule has 1 unspecified atom stereocenters. The van der Waals surface area contributed by atoms with E-state index in [1.165, 1.54) is 12.1 Å². The van der Waals surface area contributed by atoms with E-state index < -0.39 is 11.9 Å². The van der Waals surface area contributed by atoms with E-state index in [1.54, 1.807) is 48.1 Å². The fourth-order valence-electron chi connectivity index (χ4n) is 4.51. The van der Waals surface area contributed by atoms with Crippen LogP contribution >= 0.6 is 11.9 Å². The third kappa shape index (κ3) is 5.32. The molecule has 1 aliphatic rings. The predicted octanol–water partition coefficient (Wildman–Crippen LogP) is 5.62. The molecule has 0 aliphatic carbocycles. The minimum atomic E-state index is -2.62. The number of hydrogen-bond acceptors (Lipinski definition) is 8. The molecule has 1 saturated heterocycles. The van der Waals surface area contributed by atoms with Crippen LogP contribution in [0.2, 0.25) is 0 Å². The van der Waals surface area contributed by atoms with E-state index in [2.05, 4.69) is 14.6 Å².